The second-order valence-electron chi connectivity index (χ2n) is 8.63. The Morgan fingerprint density at radius 1 is 1.11 bits per heavy atom. The number of hydrogen-bond acceptors (Lipinski definition) is 5. The Morgan fingerprint density at radius 3 is 2.54 bits per heavy atom. The number of halogens is 1. The summed E-state index contributed by atoms with van der Waals surface area (Å²) in [6.45, 7) is 0.277. The van der Waals surface area contributed by atoms with Gasteiger partial charge < -0.3 is 19.9 Å². The van der Waals surface area contributed by atoms with Crippen LogP contribution in [0.1, 0.15) is 51.7 Å². The van der Waals surface area contributed by atoms with Gasteiger partial charge in [-0.25, -0.2) is 0 Å². The molecule has 1 aliphatic carbocycles. The monoisotopic (exact) mass is 488 g/mol. The van der Waals surface area contributed by atoms with E-state index in [0.717, 1.165) is 12.0 Å². The lowest BCUT2D eigenvalue weighted by Crippen LogP contribution is -2.26. The van der Waals surface area contributed by atoms with E-state index in [4.69, 9.17) is 21.1 Å². The average molecular weight is 489 g/mol. The van der Waals surface area contributed by atoms with Crippen LogP contribution in [0.4, 0.5) is 0 Å². The van der Waals surface area contributed by atoms with Crippen molar-refractivity contribution in [2.24, 2.45) is 0 Å². The van der Waals surface area contributed by atoms with Gasteiger partial charge in [0.1, 0.15) is 23.3 Å². The summed E-state index contributed by atoms with van der Waals surface area (Å²) in [7, 11) is 0. The number of carbonyl (C=O) groups excluding carboxylic acids is 1. The molecule has 0 bridgehead atoms. The Kier molecular flexibility index (Phi) is 6.06. The molecule has 0 spiro atoms. The number of fused-ring (bicyclic) bond motifs is 1. The fourth-order valence-corrected chi connectivity index (χ4v) is 4.46. The highest BCUT2D eigenvalue weighted by atomic mass is 35.5. The number of ether oxygens (including phenoxy) is 2. The molecule has 5 rings (SSSR count). The van der Waals surface area contributed by atoms with E-state index in [1.165, 1.54) is 6.07 Å². The molecule has 1 aliphatic heterocycles. The van der Waals surface area contributed by atoms with Crippen LogP contribution in [0.25, 0.3) is 0 Å². The van der Waals surface area contributed by atoms with Crippen LogP contribution in [0.15, 0.2) is 60.7 Å². The van der Waals surface area contributed by atoms with E-state index >= 15 is 0 Å². The lowest BCUT2D eigenvalue weighted by molar-refractivity contribution is -0.139. The quantitative estimate of drug-likeness (QED) is 0.491. The Morgan fingerprint density at radius 2 is 1.86 bits per heavy atom. The molecule has 0 aromatic heterocycles. The van der Waals surface area contributed by atoms with Crippen molar-refractivity contribution in [3.8, 4) is 23.3 Å². The van der Waals surface area contributed by atoms with Gasteiger partial charge in [-0.05, 0) is 60.9 Å². The van der Waals surface area contributed by atoms with Crippen LogP contribution in [-0.2, 0) is 4.79 Å². The number of hydrogen-bond donors (Lipinski definition) is 2. The molecule has 3 unspecified atom stereocenters. The number of nitrogens with one attached hydrogen (secondary N) is 1. The van der Waals surface area contributed by atoms with Crippen molar-refractivity contribution in [1.82, 2.24) is 5.32 Å². The van der Waals surface area contributed by atoms with Crippen molar-refractivity contribution in [2.45, 2.75) is 30.7 Å². The smallest absolute Gasteiger partial charge is 0.311 e. The van der Waals surface area contributed by atoms with Gasteiger partial charge in [-0.2, -0.15) is 5.26 Å². The van der Waals surface area contributed by atoms with E-state index in [-0.39, 0.29) is 35.8 Å². The Labute approximate surface area is 206 Å². The first kappa shape index (κ1) is 22.8. The van der Waals surface area contributed by atoms with Crippen LogP contribution in [0, 0.1) is 11.3 Å². The van der Waals surface area contributed by atoms with Gasteiger partial charge in [-0.1, -0.05) is 23.7 Å². The van der Waals surface area contributed by atoms with Gasteiger partial charge >= 0.3 is 5.97 Å². The summed E-state index contributed by atoms with van der Waals surface area (Å²) in [6, 6.07) is 19.5. The average Bonchev–Trinajstić information content (AvgIpc) is 3.62. The Hall–Kier alpha value is -4.02. The van der Waals surface area contributed by atoms with Gasteiger partial charge in [-0.3, -0.25) is 9.59 Å². The molecule has 35 heavy (non-hydrogen) atoms. The van der Waals surface area contributed by atoms with Crippen LogP contribution in [-0.4, -0.2) is 29.6 Å². The topological polar surface area (TPSA) is 109 Å². The molecule has 8 heteroatoms. The maximum Gasteiger partial charge on any atom is 0.311 e. The van der Waals surface area contributed by atoms with Gasteiger partial charge in [0.05, 0.1) is 18.1 Å². The molecule has 0 radical (unpaired) electrons. The van der Waals surface area contributed by atoms with Crippen molar-refractivity contribution in [2.75, 3.05) is 6.61 Å². The maximum atomic E-state index is 12.7. The van der Waals surface area contributed by atoms with Gasteiger partial charge in [0.2, 0.25) is 0 Å². The van der Waals surface area contributed by atoms with Crippen molar-refractivity contribution in [3.63, 3.8) is 0 Å². The number of benzene rings is 3. The predicted molar refractivity (Wildman–Crippen MR) is 128 cm³/mol. The third-order valence-electron chi connectivity index (χ3n) is 6.32. The number of nitriles is 1. The van der Waals surface area contributed by atoms with Crippen LogP contribution in [0.3, 0.4) is 0 Å². The maximum absolute atomic E-state index is 12.7. The summed E-state index contributed by atoms with van der Waals surface area (Å²) >= 11 is 5.94. The highest BCUT2D eigenvalue weighted by Crippen LogP contribution is 2.42. The molecule has 1 saturated carbocycles. The van der Waals surface area contributed by atoms with Crippen LogP contribution < -0.4 is 14.8 Å². The van der Waals surface area contributed by atoms with E-state index in [1.54, 1.807) is 30.3 Å². The third-order valence-corrected chi connectivity index (χ3v) is 6.57. The predicted octanol–water partition coefficient (Wildman–Crippen LogP) is 5.24. The standard InChI is InChI=1S/C27H21ClN2O5/c28-18-5-1-15(2-6-18)21-12-23(21)30-26(31)16-3-7-19(8-4-16)35-24-13-25-22(11-17(24)14-29)20(27(32)33)9-10-34-25/h1-8,11,13,20-21,23H,9-10,12H2,(H,30,31)(H,32,33). The minimum Gasteiger partial charge on any atom is -0.493 e. The van der Waals surface area contributed by atoms with Crippen LogP contribution >= 0.6 is 11.6 Å². The lowest BCUT2D eigenvalue weighted by Gasteiger charge is -2.24. The van der Waals surface area contributed by atoms with Crippen molar-refractivity contribution in [1.29, 1.82) is 5.26 Å². The zero-order valence-corrected chi connectivity index (χ0v) is 19.3. The number of aliphatic carboxylic acids is 1. The molecule has 3 aromatic carbocycles. The number of carboxylic acid groups (broad SMARTS) is 1. The Bertz CT molecular complexity index is 1330. The van der Waals surface area contributed by atoms with E-state index in [9.17, 15) is 20.0 Å². The van der Waals surface area contributed by atoms with Gasteiger partial charge in [0, 0.05) is 34.2 Å². The lowest BCUT2D eigenvalue weighted by atomic mass is 9.91. The molecular formula is C27H21ClN2O5. The number of carboxylic acids is 1. The van der Waals surface area contributed by atoms with E-state index in [0.29, 0.717) is 34.1 Å². The largest absolute Gasteiger partial charge is 0.493 e. The minimum atomic E-state index is -0.952. The van der Waals surface area contributed by atoms with Crippen molar-refractivity contribution < 1.29 is 24.2 Å². The molecule has 2 aliphatic rings. The molecule has 1 heterocycles. The second-order valence-corrected chi connectivity index (χ2v) is 9.06. The van der Waals surface area contributed by atoms with E-state index in [1.807, 2.05) is 24.3 Å². The van der Waals surface area contributed by atoms with Gasteiger partial charge in [-0.15, -0.1) is 0 Å². The summed E-state index contributed by atoms with van der Waals surface area (Å²) in [5.41, 5.74) is 2.33. The Balaban J connectivity index is 1.26. The zero-order chi connectivity index (χ0) is 24.5. The number of nitrogens with zero attached hydrogens (tertiary/aromatic N) is 1. The molecule has 0 saturated heterocycles. The third kappa shape index (κ3) is 4.79. The summed E-state index contributed by atoms with van der Waals surface area (Å²) < 4.78 is 11.5. The molecule has 2 N–H and O–H groups in total. The molecule has 1 fully saturated rings. The number of amides is 1. The fourth-order valence-electron chi connectivity index (χ4n) is 4.33. The summed E-state index contributed by atoms with van der Waals surface area (Å²) in [4.78, 5) is 24.2. The molecule has 3 aromatic rings. The first-order valence-corrected chi connectivity index (χ1v) is 11.6. The normalized spacial score (nSPS) is 20.1. The highest BCUT2D eigenvalue weighted by Gasteiger charge is 2.39. The molecule has 7 nitrogen and oxygen atoms in total. The van der Waals surface area contributed by atoms with E-state index < -0.39 is 11.9 Å². The van der Waals surface area contributed by atoms with Crippen LogP contribution in [0.2, 0.25) is 5.02 Å². The first-order valence-electron chi connectivity index (χ1n) is 11.2. The van der Waals surface area contributed by atoms with Gasteiger partial charge in [0.15, 0.2) is 0 Å². The summed E-state index contributed by atoms with van der Waals surface area (Å²) in [6.07, 6.45) is 1.23. The fraction of sp³-hybridized carbons (Fsp3) is 0.222. The minimum absolute atomic E-state index is 0.0860. The summed E-state index contributed by atoms with van der Waals surface area (Å²) in [5, 5.41) is 22.8. The number of carbonyl (C=O) groups is 2. The molecular weight excluding hydrogens is 468 g/mol. The van der Waals surface area contributed by atoms with Gasteiger partial charge in [0.25, 0.3) is 5.91 Å². The van der Waals surface area contributed by atoms with Crippen LogP contribution in [0.5, 0.6) is 17.2 Å². The molecule has 176 valence electrons. The molecule has 3 atom stereocenters. The SMILES string of the molecule is N#Cc1cc2c(cc1Oc1ccc(C(=O)NC3CC3c3ccc(Cl)cc3)cc1)OCCC2C(=O)O. The molecule has 1 amide bonds. The van der Waals surface area contributed by atoms with E-state index in [2.05, 4.69) is 11.4 Å². The second kappa shape index (κ2) is 9.32. The highest BCUT2D eigenvalue weighted by molar-refractivity contribution is 6.30. The zero-order valence-electron chi connectivity index (χ0n) is 18.5. The van der Waals surface area contributed by atoms with Crippen molar-refractivity contribution in [3.05, 3.63) is 87.9 Å². The summed E-state index contributed by atoms with van der Waals surface area (Å²) in [5.74, 6) is -0.455. The number of rotatable bonds is 6. The first-order chi connectivity index (χ1) is 16.9. The van der Waals surface area contributed by atoms with Crippen molar-refractivity contribution >= 4 is 23.5 Å².